The van der Waals surface area contributed by atoms with Gasteiger partial charge in [-0.25, -0.2) is 9.18 Å². The summed E-state index contributed by atoms with van der Waals surface area (Å²) in [5.41, 5.74) is -1.27. The van der Waals surface area contributed by atoms with Crippen LogP contribution in [0.2, 0.25) is 0 Å². The van der Waals surface area contributed by atoms with Crippen molar-refractivity contribution < 1.29 is 19.1 Å². The molecule has 2 aliphatic rings. The molecule has 1 amide bonds. The van der Waals surface area contributed by atoms with E-state index in [0.717, 1.165) is 18.5 Å². The van der Waals surface area contributed by atoms with Gasteiger partial charge < -0.3 is 10.0 Å². The lowest BCUT2D eigenvalue weighted by Crippen LogP contribution is -2.39. The highest BCUT2D eigenvalue weighted by molar-refractivity contribution is 9.10. The number of H-pyrrole nitrogens is 1. The average molecular weight is 346 g/mol. The van der Waals surface area contributed by atoms with Gasteiger partial charge in [-0.15, -0.1) is 0 Å². The van der Waals surface area contributed by atoms with Crippen LogP contribution in [0.5, 0.6) is 0 Å². The van der Waals surface area contributed by atoms with E-state index in [4.69, 9.17) is 5.11 Å². The summed E-state index contributed by atoms with van der Waals surface area (Å²) in [6.07, 6.45) is 1.93. The molecule has 0 aromatic carbocycles. The van der Waals surface area contributed by atoms with Crippen LogP contribution in [0, 0.1) is 0 Å². The maximum atomic E-state index is 14.0. The number of carbonyl (C=O) groups is 2. The Labute approximate surface area is 122 Å². The largest absolute Gasteiger partial charge is 0.479 e. The molecule has 6 nitrogen and oxygen atoms in total. The van der Waals surface area contributed by atoms with Crippen molar-refractivity contribution in [2.45, 2.75) is 30.8 Å². The molecule has 20 heavy (non-hydrogen) atoms. The van der Waals surface area contributed by atoms with Crippen molar-refractivity contribution in [1.82, 2.24) is 15.1 Å². The predicted molar refractivity (Wildman–Crippen MR) is 70.3 cm³/mol. The molecule has 1 saturated carbocycles. The second-order valence-electron chi connectivity index (χ2n) is 5.32. The van der Waals surface area contributed by atoms with E-state index >= 15 is 0 Å². The van der Waals surface area contributed by atoms with E-state index in [-0.39, 0.29) is 18.7 Å². The number of hydrogen-bond donors (Lipinski definition) is 2. The SMILES string of the molecule is O=C(c1n[nH]c(C2CC2)c1Br)N1CCC(F)(C(=O)O)C1. The average Bonchev–Trinajstić information content (AvgIpc) is 3.05. The summed E-state index contributed by atoms with van der Waals surface area (Å²) in [4.78, 5) is 24.3. The number of nitrogens with one attached hydrogen (secondary N) is 1. The lowest BCUT2D eigenvalue weighted by molar-refractivity contribution is -0.149. The number of halogens is 2. The molecule has 108 valence electrons. The minimum absolute atomic E-state index is 0.0830. The Morgan fingerprint density at radius 3 is 2.75 bits per heavy atom. The van der Waals surface area contributed by atoms with Gasteiger partial charge in [-0.1, -0.05) is 0 Å². The van der Waals surface area contributed by atoms with Gasteiger partial charge in [0.1, 0.15) is 0 Å². The third-order valence-corrected chi connectivity index (χ3v) is 4.61. The van der Waals surface area contributed by atoms with Gasteiger partial charge >= 0.3 is 5.97 Å². The Kier molecular flexibility index (Phi) is 3.07. The Hall–Kier alpha value is -1.44. The second-order valence-corrected chi connectivity index (χ2v) is 6.11. The Morgan fingerprint density at radius 2 is 2.20 bits per heavy atom. The first-order chi connectivity index (χ1) is 9.42. The number of alkyl halides is 1. The normalized spacial score (nSPS) is 26.0. The lowest BCUT2D eigenvalue weighted by atomic mass is 10.1. The molecule has 1 aromatic rings. The number of carbonyl (C=O) groups excluding carboxylic acids is 1. The van der Waals surface area contributed by atoms with Gasteiger partial charge in [0, 0.05) is 18.9 Å². The Balaban J connectivity index is 1.78. The molecule has 1 aliphatic carbocycles. The number of likely N-dealkylation sites (tertiary alicyclic amines) is 1. The van der Waals surface area contributed by atoms with Crippen molar-refractivity contribution in [3.63, 3.8) is 0 Å². The number of aromatic nitrogens is 2. The van der Waals surface area contributed by atoms with Crippen molar-refractivity contribution in [2.24, 2.45) is 0 Å². The van der Waals surface area contributed by atoms with Gasteiger partial charge in [0.05, 0.1) is 16.7 Å². The lowest BCUT2D eigenvalue weighted by Gasteiger charge is -2.16. The molecular weight excluding hydrogens is 333 g/mol. The summed E-state index contributed by atoms with van der Waals surface area (Å²) in [6, 6.07) is 0. The number of carboxylic acid groups (broad SMARTS) is 1. The van der Waals surface area contributed by atoms with Crippen molar-refractivity contribution >= 4 is 27.8 Å². The molecule has 2 N–H and O–H groups in total. The molecule has 1 aromatic heterocycles. The van der Waals surface area contributed by atoms with E-state index in [1.54, 1.807) is 0 Å². The zero-order valence-corrected chi connectivity index (χ0v) is 12.1. The molecule has 1 aliphatic heterocycles. The van der Waals surface area contributed by atoms with Crippen LogP contribution < -0.4 is 0 Å². The monoisotopic (exact) mass is 345 g/mol. The van der Waals surface area contributed by atoms with Gasteiger partial charge in [0.15, 0.2) is 5.69 Å². The van der Waals surface area contributed by atoms with Crippen LogP contribution in [-0.4, -0.2) is 50.8 Å². The van der Waals surface area contributed by atoms with E-state index in [1.165, 1.54) is 4.90 Å². The third-order valence-electron chi connectivity index (χ3n) is 3.81. The fourth-order valence-corrected chi connectivity index (χ4v) is 3.07. The molecule has 0 bridgehead atoms. The molecular formula is C12H13BrFN3O3. The van der Waals surface area contributed by atoms with E-state index in [1.807, 2.05) is 0 Å². The number of aliphatic carboxylic acids is 1. The highest BCUT2D eigenvalue weighted by Gasteiger charge is 2.47. The second kappa shape index (κ2) is 4.54. The molecule has 0 spiro atoms. The fraction of sp³-hybridized carbons (Fsp3) is 0.583. The summed E-state index contributed by atoms with van der Waals surface area (Å²) >= 11 is 3.35. The summed E-state index contributed by atoms with van der Waals surface area (Å²) in [5.74, 6) is -1.57. The molecule has 1 unspecified atom stereocenters. The first kappa shape index (κ1) is 13.5. The number of amides is 1. The predicted octanol–water partition coefficient (Wildman–Crippen LogP) is 1.69. The van der Waals surface area contributed by atoms with E-state index < -0.39 is 24.1 Å². The topological polar surface area (TPSA) is 86.3 Å². The van der Waals surface area contributed by atoms with Crippen molar-refractivity contribution in [1.29, 1.82) is 0 Å². The van der Waals surface area contributed by atoms with Gasteiger partial charge in [0.2, 0.25) is 5.67 Å². The van der Waals surface area contributed by atoms with Crippen LogP contribution in [0.1, 0.15) is 41.4 Å². The van der Waals surface area contributed by atoms with Crippen molar-refractivity contribution in [2.75, 3.05) is 13.1 Å². The zero-order valence-electron chi connectivity index (χ0n) is 10.5. The highest BCUT2D eigenvalue weighted by Crippen LogP contribution is 2.43. The molecule has 0 radical (unpaired) electrons. The molecule has 2 fully saturated rings. The molecule has 1 saturated heterocycles. The van der Waals surface area contributed by atoms with Gasteiger partial charge in [0.25, 0.3) is 5.91 Å². The molecule has 2 heterocycles. The van der Waals surface area contributed by atoms with Gasteiger partial charge in [-0.2, -0.15) is 5.10 Å². The zero-order chi connectivity index (χ0) is 14.5. The number of rotatable bonds is 3. The summed E-state index contributed by atoms with van der Waals surface area (Å²) in [5, 5.41) is 15.6. The van der Waals surface area contributed by atoms with Crippen molar-refractivity contribution in [3.8, 4) is 0 Å². The van der Waals surface area contributed by atoms with E-state index in [2.05, 4.69) is 26.1 Å². The van der Waals surface area contributed by atoms with Crippen LogP contribution >= 0.6 is 15.9 Å². The third kappa shape index (κ3) is 2.11. The Bertz CT molecular complexity index is 587. The summed E-state index contributed by atoms with van der Waals surface area (Å²) in [7, 11) is 0. The van der Waals surface area contributed by atoms with Crippen LogP contribution in [0.4, 0.5) is 4.39 Å². The maximum Gasteiger partial charge on any atom is 0.343 e. The molecule has 1 atom stereocenters. The van der Waals surface area contributed by atoms with Gasteiger partial charge in [-0.3, -0.25) is 9.89 Å². The smallest absolute Gasteiger partial charge is 0.343 e. The summed E-state index contributed by atoms with van der Waals surface area (Å²) < 4.78 is 14.6. The fourth-order valence-electron chi connectivity index (χ4n) is 2.40. The number of aromatic amines is 1. The van der Waals surface area contributed by atoms with Crippen LogP contribution in [0.3, 0.4) is 0 Å². The Morgan fingerprint density at radius 1 is 1.50 bits per heavy atom. The van der Waals surface area contributed by atoms with Crippen molar-refractivity contribution in [3.05, 3.63) is 15.9 Å². The number of carboxylic acids is 1. The van der Waals surface area contributed by atoms with Crippen LogP contribution in [0.15, 0.2) is 4.47 Å². The minimum Gasteiger partial charge on any atom is -0.479 e. The first-order valence-electron chi connectivity index (χ1n) is 6.38. The first-order valence-corrected chi connectivity index (χ1v) is 7.17. The minimum atomic E-state index is -2.35. The van der Waals surface area contributed by atoms with E-state index in [9.17, 15) is 14.0 Å². The quantitative estimate of drug-likeness (QED) is 0.872. The number of hydrogen-bond acceptors (Lipinski definition) is 3. The van der Waals surface area contributed by atoms with Crippen LogP contribution in [0.25, 0.3) is 0 Å². The standard InChI is InChI=1S/C12H13BrFN3O3/c13-7-8(6-1-2-6)15-16-9(7)10(18)17-4-3-12(14,5-17)11(19)20/h6H,1-5H2,(H,15,16)(H,19,20). The molecule has 3 rings (SSSR count). The summed E-state index contributed by atoms with van der Waals surface area (Å²) in [6.45, 7) is -0.348. The van der Waals surface area contributed by atoms with E-state index in [0.29, 0.717) is 10.4 Å². The number of nitrogens with zero attached hydrogens (tertiary/aromatic N) is 2. The van der Waals surface area contributed by atoms with Gasteiger partial charge in [-0.05, 0) is 28.8 Å². The maximum absolute atomic E-state index is 14.0. The highest BCUT2D eigenvalue weighted by atomic mass is 79.9. The van der Waals surface area contributed by atoms with Crippen LogP contribution in [-0.2, 0) is 4.79 Å². The molecule has 8 heteroatoms.